The highest BCUT2D eigenvalue weighted by Crippen LogP contribution is 2.19. The Bertz CT molecular complexity index is 1200. The van der Waals surface area contributed by atoms with Crippen LogP contribution in [0.4, 0.5) is 0 Å². The predicted octanol–water partition coefficient (Wildman–Crippen LogP) is 2.86. The van der Waals surface area contributed by atoms with Crippen LogP contribution >= 0.6 is 11.8 Å². The normalized spacial score (nSPS) is 15.6. The van der Waals surface area contributed by atoms with Gasteiger partial charge in [-0.25, -0.2) is 13.4 Å². The van der Waals surface area contributed by atoms with E-state index in [1.807, 2.05) is 41.3 Å². The summed E-state index contributed by atoms with van der Waals surface area (Å²) < 4.78 is 23.2. The number of carbonyl (C=O) groups is 1. The van der Waals surface area contributed by atoms with Crippen LogP contribution < -0.4 is 0 Å². The summed E-state index contributed by atoms with van der Waals surface area (Å²) in [5.41, 5.74) is 2.75. The van der Waals surface area contributed by atoms with Crippen molar-refractivity contribution in [2.24, 2.45) is 0 Å². The van der Waals surface area contributed by atoms with E-state index in [1.54, 1.807) is 18.3 Å². The highest BCUT2D eigenvalue weighted by atomic mass is 32.2. The molecule has 4 rings (SSSR count). The van der Waals surface area contributed by atoms with Gasteiger partial charge in [0.05, 0.1) is 27.9 Å². The van der Waals surface area contributed by atoms with E-state index in [-0.39, 0.29) is 5.91 Å². The van der Waals surface area contributed by atoms with Crippen molar-refractivity contribution in [1.29, 1.82) is 0 Å². The Kier molecular flexibility index (Phi) is 7.07. The first-order valence-corrected chi connectivity index (χ1v) is 13.4. The number of rotatable bonds is 6. The molecule has 1 aromatic heterocycles. The van der Waals surface area contributed by atoms with Gasteiger partial charge in [0.1, 0.15) is 5.03 Å². The van der Waals surface area contributed by atoms with E-state index in [9.17, 15) is 13.2 Å². The first-order chi connectivity index (χ1) is 15.4. The number of para-hydroxylation sites is 2. The Hall–Kier alpha value is -2.49. The molecule has 1 saturated heterocycles. The zero-order valence-electron chi connectivity index (χ0n) is 18.0. The third kappa shape index (κ3) is 5.85. The zero-order chi connectivity index (χ0) is 22.6. The number of fused-ring (bicyclic) bond motifs is 1. The Morgan fingerprint density at radius 3 is 2.50 bits per heavy atom. The minimum Gasteiger partial charge on any atom is -0.341 e. The van der Waals surface area contributed by atoms with Gasteiger partial charge >= 0.3 is 0 Å². The molecule has 0 atom stereocenters. The molecule has 2 heterocycles. The predicted molar refractivity (Wildman–Crippen MR) is 126 cm³/mol. The number of hydrogen-bond donors (Lipinski definition) is 0. The molecule has 7 nitrogen and oxygen atoms in total. The maximum atomic E-state index is 12.8. The molecular weight excluding hydrogens is 444 g/mol. The number of aromatic nitrogens is 2. The van der Waals surface area contributed by atoms with Gasteiger partial charge in [0, 0.05) is 39.0 Å². The molecule has 0 unspecified atom stereocenters. The maximum absolute atomic E-state index is 12.8. The largest absolute Gasteiger partial charge is 0.341 e. The molecule has 32 heavy (non-hydrogen) atoms. The summed E-state index contributed by atoms with van der Waals surface area (Å²) in [6.07, 6.45) is 3.85. The average Bonchev–Trinajstić information content (AvgIpc) is 3.03. The molecule has 0 aliphatic carbocycles. The second-order valence-electron chi connectivity index (χ2n) is 7.91. The highest BCUT2D eigenvalue weighted by Gasteiger charge is 2.20. The lowest BCUT2D eigenvalue weighted by atomic mass is 10.2. The Labute approximate surface area is 192 Å². The summed E-state index contributed by atoms with van der Waals surface area (Å²) in [6.45, 7) is 3.87. The highest BCUT2D eigenvalue weighted by molar-refractivity contribution is 7.99. The number of sulfone groups is 1. The van der Waals surface area contributed by atoms with Crippen LogP contribution in [0.5, 0.6) is 0 Å². The average molecular weight is 471 g/mol. The van der Waals surface area contributed by atoms with Crippen molar-refractivity contribution < 1.29 is 13.2 Å². The summed E-state index contributed by atoms with van der Waals surface area (Å²) in [6, 6.07) is 14.8. The van der Waals surface area contributed by atoms with Crippen molar-refractivity contribution in [2.75, 3.05) is 38.2 Å². The molecule has 1 aliphatic heterocycles. The van der Waals surface area contributed by atoms with Gasteiger partial charge in [-0.05, 0) is 36.2 Å². The van der Waals surface area contributed by atoms with Crippen LogP contribution in [0.1, 0.15) is 12.0 Å². The third-order valence-corrected chi connectivity index (χ3v) is 7.48. The number of hydrogen-bond acceptors (Lipinski definition) is 7. The molecule has 168 valence electrons. The standard InChI is InChI=1S/C23H26N4O3S2/c1-32(29,30)19-9-7-18(8-10-19)16-26-11-4-12-27(14-13-26)23(28)17-31-22-15-24-20-5-2-3-6-21(20)25-22/h2-3,5-10,15H,4,11-14,16-17H2,1H3. The molecule has 2 aromatic carbocycles. The fourth-order valence-corrected chi connectivity index (χ4v) is 5.09. The van der Waals surface area contributed by atoms with Crippen LogP contribution in [0.2, 0.25) is 0 Å². The second kappa shape index (κ2) is 9.97. The Morgan fingerprint density at radius 2 is 1.75 bits per heavy atom. The monoisotopic (exact) mass is 470 g/mol. The fourth-order valence-electron chi connectivity index (χ4n) is 3.72. The number of nitrogens with zero attached hydrogens (tertiary/aromatic N) is 4. The van der Waals surface area contributed by atoms with Gasteiger partial charge < -0.3 is 4.90 Å². The van der Waals surface area contributed by atoms with Crippen molar-refractivity contribution in [2.45, 2.75) is 22.9 Å². The second-order valence-corrected chi connectivity index (χ2v) is 10.9. The van der Waals surface area contributed by atoms with Crippen molar-refractivity contribution in [1.82, 2.24) is 19.8 Å². The lowest BCUT2D eigenvalue weighted by Crippen LogP contribution is -2.36. The molecule has 0 N–H and O–H groups in total. The van der Waals surface area contributed by atoms with E-state index in [0.29, 0.717) is 17.2 Å². The molecule has 0 bridgehead atoms. The number of thioether (sulfide) groups is 1. The van der Waals surface area contributed by atoms with Crippen LogP contribution in [-0.4, -0.2) is 72.3 Å². The van der Waals surface area contributed by atoms with Crippen molar-refractivity contribution in [3.8, 4) is 0 Å². The molecule has 0 spiro atoms. The molecule has 9 heteroatoms. The van der Waals surface area contributed by atoms with E-state index in [2.05, 4.69) is 14.9 Å². The Morgan fingerprint density at radius 1 is 1.00 bits per heavy atom. The lowest BCUT2D eigenvalue weighted by Gasteiger charge is -2.22. The zero-order valence-corrected chi connectivity index (χ0v) is 19.6. The van der Waals surface area contributed by atoms with E-state index in [4.69, 9.17) is 0 Å². The molecule has 0 radical (unpaired) electrons. The van der Waals surface area contributed by atoms with E-state index in [0.717, 1.165) is 54.2 Å². The first kappa shape index (κ1) is 22.7. The maximum Gasteiger partial charge on any atom is 0.233 e. The van der Waals surface area contributed by atoms with Crippen molar-refractivity contribution >= 4 is 38.5 Å². The third-order valence-electron chi connectivity index (χ3n) is 5.47. The van der Waals surface area contributed by atoms with Crippen molar-refractivity contribution in [3.63, 3.8) is 0 Å². The van der Waals surface area contributed by atoms with Gasteiger partial charge in [-0.15, -0.1) is 0 Å². The quantitative estimate of drug-likeness (QED) is 0.512. The molecule has 1 fully saturated rings. The molecule has 3 aromatic rings. The first-order valence-electron chi connectivity index (χ1n) is 10.5. The van der Waals surface area contributed by atoms with Crippen LogP contribution in [0.15, 0.2) is 64.6 Å². The number of carbonyl (C=O) groups excluding carboxylic acids is 1. The van der Waals surface area contributed by atoms with Crippen LogP contribution in [0.25, 0.3) is 11.0 Å². The van der Waals surface area contributed by atoms with Crippen LogP contribution in [0, 0.1) is 0 Å². The molecule has 1 aliphatic rings. The van der Waals surface area contributed by atoms with Crippen molar-refractivity contribution in [3.05, 3.63) is 60.3 Å². The van der Waals surface area contributed by atoms with E-state index >= 15 is 0 Å². The smallest absolute Gasteiger partial charge is 0.233 e. The molecule has 0 saturated carbocycles. The number of benzene rings is 2. The SMILES string of the molecule is CS(=O)(=O)c1ccc(CN2CCCN(C(=O)CSc3cnc4ccccc4n3)CC2)cc1. The van der Waals surface area contributed by atoms with Gasteiger partial charge in [-0.2, -0.15) is 0 Å². The topological polar surface area (TPSA) is 83.5 Å². The lowest BCUT2D eigenvalue weighted by molar-refractivity contribution is -0.128. The molecular formula is C23H26N4O3S2. The number of amides is 1. The minimum atomic E-state index is -3.18. The summed E-state index contributed by atoms with van der Waals surface area (Å²) in [5, 5.41) is 0.756. The Balaban J connectivity index is 1.29. The summed E-state index contributed by atoms with van der Waals surface area (Å²) in [5.74, 6) is 0.462. The van der Waals surface area contributed by atoms with Crippen LogP contribution in [-0.2, 0) is 21.2 Å². The fraction of sp³-hybridized carbons (Fsp3) is 0.348. The van der Waals surface area contributed by atoms with E-state index in [1.165, 1.54) is 18.0 Å². The van der Waals surface area contributed by atoms with Crippen LogP contribution in [0.3, 0.4) is 0 Å². The van der Waals surface area contributed by atoms with Gasteiger partial charge in [-0.1, -0.05) is 36.0 Å². The summed E-state index contributed by atoms with van der Waals surface area (Å²) in [4.78, 5) is 26.3. The van der Waals surface area contributed by atoms with Gasteiger partial charge in [-0.3, -0.25) is 14.7 Å². The van der Waals surface area contributed by atoms with Gasteiger partial charge in [0.2, 0.25) is 5.91 Å². The summed E-state index contributed by atoms with van der Waals surface area (Å²) in [7, 11) is -3.18. The van der Waals surface area contributed by atoms with Gasteiger partial charge in [0.25, 0.3) is 0 Å². The summed E-state index contributed by atoms with van der Waals surface area (Å²) >= 11 is 1.42. The van der Waals surface area contributed by atoms with Gasteiger partial charge in [0.15, 0.2) is 9.84 Å². The van der Waals surface area contributed by atoms with E-state index < -0.39 is 9.84 Å². The minimum absolute atomic E-state index is 0.115. The molecule has 1 amide bonds.